The predicted octanol–water partition coefficient (Wildman–Crippen LogP) is 4.58. The molecule has 26 heavy (non-hydrogen) atoms. The Kier molecular flexibility index (Phi) is 7.23. The van der Waals surface area contributed by atoms with Gasteiger partial charge >= 0.3 is 0 Å². The molecular weight excluding hydrogens is 409 g/mol. The van der Waals surface area contributed by atoms with Gasteiger partial charge in [-0.1, -0.05) is 23.2 Å². The van der Waals surface area contributed by atoms with E-state index in [4.69, 9.17) is 23.2 Å². The first-order valence-electron chi connectivity index (χ1n) is 8.50. The number of carbonyl (C=O) groups excluding carboxylic acids is 1. The summed E-state index contributed by atoms with van der Waals surface area (Å²) in [5.41, 5.74) is 0.971. The molecule has 1 aromatic carbocycles. The molecule has 8 heteroatoms. The van der Waals surface area contributed by atoms with Gasteiger partial charge in [-0.3, -0.25) is 9.69 Å². The third-order valence-electron chi connectivity index (χ3n) is 4.35. The number of hydrogen-bond acceptors (Lipinski definition) is 5. The standard InChI is InChI=1S/C18H21Cl2N3OS2/c1-13-9-16(15(20)10-14(13)19)26-12-18(24)23-5-2-4-22(6-7-23)11-17-21-3-8-25-17/h3,8-10H,2,4-7,11-12H2,1H3. The van der Waals surface area contributed by atoms with Gasteiger partial charge in [0.15, 0.2) is 0 Å². The summed E-state index contributed by atoms with van der Waals surface area (Å²) in [6, 6.07) is 3.69. The van der Waals surface area contributed by atoms with Gasteiger partial charge < -0.3 is 4.90 Å². The minimum atomic E-state index is 0.162. The fourth-order valence-electron chi connectivity index (χ4n) is 2.87. The third-order valence-corrected chi connectivity index (χ3v) is 6.98. The molecule has 1 aromatic heterocycles. The number of rotatable bonds is 5. The van der Waals surface area contributed by atoms with Crippen LogP contribution in [0.1, 0.15) is 17.0 Å². The largest absolute Gasteiger partial charge is 0.341 e. The van der Waals surface area contributed by atoms with Gasteiger partial charge in [0.1, 0.15) is 5.01 Å². The zero-order chi connectivity index (χ0) is 18.5. The van der Waals surface area contributed by atoms with Gasteiger partial charge in [-0.25, -0.2) is 4.98 Å². The van der Waals surface area contributed by atoms with Gasteiger partial charge in [0.2, 0.25) is 5.91 Å². The van der Waals surface area contributed by atoms with E-state index in [9.17, 15) is 4.79 Å². The van der Waals surface area contributed by atoms with E-state index in [1.165, 1.54) is 11.8 Å². The highest BCUT2D eigenvalue weighted by Gasteiger charge is 2.20. The van der Waals surface area contributed by atoms with Crippen LogP contribution in [0.4, 0.5) is 0 Å². The van der Waals surface area contributed by atoms with E-state index < -0.39 is 0 Å². The fraction of sp³-hybridized carbons (Fsp3) is 0.444. The Bertz CT molecular complexity index is 755. The summed E-state index contributed by atoms with van der Waals surface area (Å²) in [4.78, 5) is 22.2. The first-order valence-corrected chi connectivity index (χ1v) is 11.1. The van der Waals surface area contributed by atoms with Crippen molar-refractivity contribution in [3.63, 3.8) is 0 Å². The molecule has 0 saturated carbocycles. The van der Waals surface area contributed by atoms with Crippen molar-refractivity contribution in [1.29, 1.82) is 0 Å². The predicted molar refractivity (Wildman–Crippen MR) is 111 cm³/mol. The molecule has 1 saturated heterocycles. The van der Waals surface area contributed by atoms with Crippen LogP contribution >= 0.6 is 46.3 Å². The Hall–Kier alpha value is -0.790. The number of aryl methyl sites for hydroxylation is 1. The molecular formula is C18H21Cl2N3OS2. The Morgan fingerprint density at radius 1 is 1.23 bits per heavy atom. The first-order chi connectivity index (χ1) is 12.5. The van der Waals surface area contributed by atoms with E-state index in [-0.39, 0.29) is 5.91 Å². The van der Waals surface area contributed by atoms with Gasteiger partial charge in [-0.05, 0) is 31.0 Å². The van der Waals surface area contributed by atoms with Crippen molar-refractivity contribution in [2.75, 3.05) is 31.9 Å². The number of hydrogen-bond donors (Lipinski definition) is 0. The molecule has 0 spiro atoms. The van der Waals surface area contributed by atoms with Gasteiger partial charge in [-0.2, -0.15) is 0 Å². The number of carbonyl (C=O) groups is 1. The van der Waals surface area contributed by atoms with Crippen molar-refractivity contribution < 1.29 is 4.79 Å². The van der Waals surface area contributed by atoms with Crippen molar-refractivity contribution in [3.8, 4) is 0 Å². The molecule has 1 fully saturated rings. The summed E-state index contributed by atoms with van der Waals surface area (Å²) < 4.78 is 0. The van der Waals surface area contributed by atoms with Crippen LogP contribution in [0.25, 0.3) is 0 Å². The van der Waals surface area contributed by atoms with Crippen molar-refractivity contribution in [2.45, 2.75) is 24.8 Å². The molecule has 1 aliphatic heterocycles. The molecule has 1 amide bonds. The van der Waals surface area contributed by atoms with Crippen LogP contribution in [0.5, 0.6) is 0 Å². The van der Waals surface area contributed by atoms with Crippen LogP contribution in [-0.2, 0) is 11.3 Å². The molecule has 0 atom stereocenters. The van der Waals surface area contributed by atoms with E-state index in [2.05, 4.69) is 9.88 Å². The molecule has 1 aliphatic rings. The minimum Gasteiger partial charge on any atom is -0.341 e. The molecule has 4 nitrogen and oxygen atoms in total. The summed E-state index contributed by atoms with van der Waals surface area (Å²) in [7, 11) is 0. The average molecular weight is 430 g/mol. The maximum Gasteiger partial charge on any atom is 0.232 e. The summed E-state index contributed by atoms with van der Waals surface area (Å²) in [6.07, 6.45) is 2.83. The van der Waals surface area contributed by atoms with Crippen molar-refractivity contribution in [3.05, 3.63) is 44.3 Å². The second kappa shape index (κ2) is 9.42. The van der Waals surface area contributed by atoms with Crippen LogP contribution in [0, 0.1) is 6.92 Å². The number of nitrogens with zero attached hydrogens (tertiary/aromatic N) is 3. The van der Waals surface area contributed by atoms with E-state index in [1.807, 2.05) is 29.5 Å². The lowest BCUT2D eigenvalue weighted by molar-refractivity contribution is -0.128. The molecule has 0 aliphatic carbocycles. The molecule has 0 bridgehead atoms. The normalized spacial score (nSPS) is 15.9. The number of halogens is 2. The zero-order valence-electron chi connectivity index (χ0n) is 14.6. The second-order valence-electron chi connectivity index (χ2n) is 6.26. The maximum atomic E-state index is 12.6. The minimum absolute atomic E-state index is 0.162. The van der Waals surface area contributed by atoms with Crippen LogP contribution < -0.4 is 0 Å². The molecule has 0 unspecified atom stereocenters. The van der Waals surface area contributed by atoms with Crippen LogP contribution in [-0.4, -0.2) is 52.6 Å². The summed E-state index contributed by atoms with van der Waals surface area (Å²) >= 11 is 15.5. The van der Waals surface area contributed by atoms with E-state index in [0.29, 0.717) is 15.8 Å². The molecule has 2 heterocycles. The van der Waals surface area contributed by atoms with Gasteiger partial charge in [-0.15, -0.1) is 23.1 Å². The van der Waals surface area contributed by atoms with Crippen molar-refractivity contribution in [2.24, 2.45) is 0 Å². The van der Waals surface area contributed by atoms with Crippen LogP contribution in [0.2, 0.25) is 10.0 Å². The summed E-state index contributed by atoms with van der Waals surface area (Å²) in [5, 5.41) is 4.39. The Labute approximate surface area is 172 Å². The van der Waals surface area contributed by atoms with Gasteiger partial charge in [0.05, 0.1) is 17.3 Å². The Morgan fingerprint density at radius 2 is 2.08 bits per heavy atom. The molecule has 0 radical (unpaired) electrons. The van der Waals surface area contributed by atoms with E-state index in [0.717, 1.165) is 54.6 Å². The van der Waals surface area contributed by atoms with Crippen LogP contribution in [0.15, 0.2) is 28.6 Å². The smallest absolute Gasteiger partial charge is 0.232 e. The SMILES string of the molecule is Cc1cc(SCC(=O)N2CCCN(Cc3nccs3)CC2)c(Cl)cc1Cl. The monoisotopic (exact) mass is 429 g/mol. The topological polar surface area (TPSA) is 36.4 Å². The number of thioether (sulfide) groups is 1. The second-order valence-corrected chi connectivity index (χ2v) is 9.07. The number of thiazole rings is 1. The fourth-order valence-corrected chi connectivity index (χ4v) is 5.00. The highest BCUT2D eigenvalue weighted by molar-refractivity contribution is 8.00. The number of aromatic nitrogens is 1. The van der Waals surface area contributed by atoms with Crippen molar-refractivity contribution in [1.82, 2.24) is 14.8 Å². The first kappa shape index (κ1) is 20.0. The lowest BCUT2D eigenvalue weighted by Gasteiger charge is -2.21. The zero-order valence-corrected chi connectivity index (χ0v) is 17.7. The van der Waals surface area contributed by atoms with Gasteiger partial charge in [0, 0.05) is 47.7 Å². The molecule has 140 valence electrons. The molecule has 2 aromatic rings. The maximum absolute atomic E-state index is 12.6. The summed E-state index contributed by atoms with van der Waals surface area (Å²) in [6.45, 7) is 6.26. The van der Waals surface area contributed by atoms with E-state index >= 15 is 0 Å². The molecule has 3 rings (SSSR count). The van der Waals surface area contributed by atoms with E-state index in [1.54, 1.807) is 17.4 Å². The Balaban J connectivity index is 1.51. The number of benzene rings is 1. The lowest BCUT2D eigenvalue weighted by Crippen LogP contribution is -2.36. The quantitative estimate of drug-likeness (QED) is 0.651. The molecule has 0 N–H and O–H groups in total. The highest BCUT2D eigenvalue weighted by atomic mass is 35.5. The van der Waals surface area contributed by atoms with Crippen molar-refractivity contribution >= 4 is 52.2 Å². The lowest BCUT2D eigenvalue weighted by atomic mass is 10.2. The Morgan fingerprint density at radius 3 is 2.85 bits per heavy atom. The van der Waals surface area contributed by atoms with Crippen LogP contribution in [0.3, 0.4) is 0 Å². The van der Waals surface area contributed by atoms with Gasteiger partial charge in [0.25, 0.3) is 0 Å². The third kappa shape index (κ3) is 5.36. The summed E-state index contributed by atoms with van der Waals surface area (Å²) in [5.74, 6) is 0.558. The number of amides is 1. The highest BCUT2D eigenvalue weighted by Crippen LogP contribution is 2.32. The average Bonchev–Trinajstić information content (AvgIpc) is 3.01.